The maximum Gasteiger partial charge on any atom is 0.251 e. The number of amides is 2. The molecule has 6 heteroatoms. The zero-order chi connectivity index (χ0) is 18.8. The fourth-order valence-corrected chi connectivity index (χ4v) is 4.77. The SMILES string of the molecule is O=C(NC1CCSc2c(F)cccc21)c1ccc(CN2CCCC2=O)cc1. The highest BCUT2D eigenvalue weighted by Crippen LogP contribution is 2.37. The van der Waals surface area contributed by atoms with Gasteiger partial charge >= 0.3 is 0 Å². The molecule has 0 radical (unpaired) electrons. The molecule has 140 valence electrons. The molecule has 0 aromatic heterocycles. The molecule has 2 aliphatic rings. The monoisotopic (exact) mass is 384 g/mol. The van der Waals surface area contributed by atoms with Gasteiger partial charge < -0.3 is 10.2 Å². The number of thioether (sulfide) groups is 1. The summed E-state index contributed by atoms with van der Waals surface area (Å²) < 4.78 is 14.0. The normalized spacial score (nSPS) is 19.1. The summed E-state index contributed by atoms with van der Waals surface area (Å²) in [6, 6.07) is 12.2. The summed E-state index contributed by atoms with van der Waals surface area (Å²) in [7, 11) is 0. The summed E-state index contributed by atoms with van der Waals surface area (Å²) in [4.78, 5) is 26.9. The van der Waals surface area contributed by atoms with Crippen molar-refractivity contribution in [1.29, 1.82) is 0 Å². The van der Waals surface area contributed by atoms with Crippen LogP contribution in [0, 0.1) is 5.82 Å². The summed E-state index contributed by atoms with van der Waals surface area (Å²) in [6.45, 7) is 1.39. The smallest absolute Gasteiger partial charge is 0.251 e. The van der Waals surface area contributed by atoms with Crippen LogP contribution in [0.15, 0.2) is 47.4 Å². The average Bonchev–Trinajstić information content (AvgIpc) is 3.08. The molecule has 0 bridgehead atoms. The number of likely N-dealkylation sites (tertiary alicyclic amines) is 1. The molecule has 1 N–H and O–H groups in total. The fraction of sp³-hybridized carbons (Fsp3) is 0.333. The van der Waals surface area contributed by atoms with Gasteiger partial charge in [0.1, 0.15) is 5.82 Å². The van der Waals surface area contributed by atoms with Crippen LogP contribution in [-0.2, 0) is 11.3 Å². The third-order valence-corrected chi connectivity index (χ3v) is 6.25. The van der Waals surface area contributed by atoms with Crippen LogP contribution in [0.4, 0.5) is 4.39 Å². The Balaban J connectivity index is 1.43. The number of carbonyl (C=O) groups excluding carboxylic acids is 2. The van der Waals surface area contributed by atoms with Crippen molar-refractivity contribution in [2.45, 2.75) is 36.7 Å². The Morgan fingerprint density at radius 3 is 2.78 bits per heavy atom. The maximum absolute atomic E-state index is 14.0. The Morgan fingerprint density at radius 2 is 2.04 bits per heavy atom. The topological polar surface area (TPSA) is 49.4 Å². The van der Waals surface area contributed by atoms with E-state index >= 15 is 0 Å². The van der Waals surface area contributed by atoms with E-state index in [2.05, 4.69) is 5.32 Å². The molecule has 2 aliphatic heterocycles. The first-order valence-electron chi connectivity index (χ1n) is 9.20. The number of hydrogen-bond acceptors (Lipinski definition) is 3. The highest BCUT2D eigenvalue weighted by atomic mass is 32.2. The number of benzene rings is 2. The third-order valence-electron chi connectivity index (χ3n) is 5.09. The van der Waals surface area contributed by atoms with Crippen molar-refractivity contribution in [1.82, 2.24) is 10.2 Å². The van der Waals surface area contributed by atoms with Gasteiger partial charge in [0.2, 0.25) is 5.91 Å². The second kappa shape index (κ2) is 7.72. The van der Waals surface area contributed by atoms with Crippen molar-refractivity contribution in [2.75, 3.05) is 12.3 Å². The summed E-state index contributed by atoms with van der Waals surface area (Å²) in [5.41, 5.74) is 2.44. The van der Waals surface area contributed by atoms with Gasteiger partial charge in [-0.2, -0.15) is 0 Å². The maximum atomic E-state index is 14.0. The van der Waals surface area contributed by atoms with Gasteiger partial charge in [0.15, 0.2) is 0 Å². The average molecular weight is 384 g/mol. The van der Waals surface area contributed by atoms with Crippen molar-refractivity contribution in [3.63, 3.8) is 0 Å². The van der Waals surface area contributed by atoms with Gasteiger partial charge in [-0.05, 0) is 42.2 Å². The quantitative estimate of drug-likeness (QED) is 0.869. The summed E-state index contributed by atoms with van der Waals surface area (Å²) in [6.07, 6.45) is 2.32. The number of fused-ring (bicyclic) bond motifs is 1. The van der Waals surface area contributed by atoms with E-state index in [-0.39, 0.29) is 23.7 Å². The highest BCUT2D eigenvalue weighted by molar-refractivity contribution is 7.99. The fourth-order valence-electron chi connectivity index (χ4n) is 3.63. The van der Waals surface area contributed by atoms with Gasteiger partial charge in [0, 0.05) is 35.7 Å². The number of nitrogens with zero attached hydrogens (tertiary/aromatic N) is 1. The molecule has 0 saturated carbocycles. The Hall–Kier alpha value is -2.34. The van der Waals surface area contributed by atoms with E-state index in [1.807, 2.05) is 23.1 Å². The minimum Gasteiger partial charge on any atom is -0.345 e. The van der Waals surface area contributed by atoms with E-state index < -0.39 is 0 Å². The minimum atomic E-state index is -0.225. The van der Waals surface area contributed by atoms with Crippen molar-refractivity contribution >= 4 is 23.6 Å². The first kappa shape index (κ1) is 18.0. The predicted octanol–water partition coefficient (Wildman–Crippen LogP) is 3.92. The zero-order valence-electron chi connectivity index (χ0n) is 14.9. The number of hydrogen-bond donors (Lipinski definition) is 1. The molecule has 2 aromatic carbocycles. The number of carbonyl (C=O) groups is 2. The lowest BCUT2D eigenvalue weighted by Gasteiger charge is -2.26. The Labute approximate surface area is 162 Å². The molecular formula is C21H21FN2O2S. The second-order valence-electron chi connectivity index (χ2n) is 6.94. The molecule has 1 saturated heterocycles. The molecule has 4 nitrogen and oxygen atoms in total. The van der Waals surface area contributed by atoms with Crippen LogP contribution < -0.4 is 5.32 Å². The van der Waals surface area contributed by atoms with Gasteiger partial charge in [0.25, 0.3) is 5.91 Å². The Bertz CT molecular complexity index is 869. The first-order valence-corrected chi connectivity index (χ1v) is 10.2. The predicted molar refractivity (Wildman–Crippen MR) is 103 cm³/mol. The summed E-state index contributed by atoms with van der Waals surface area (Å²) in [5.74, 6) is 0.586. The number of rotatable bonds is 4. The molecule has 2 amide bonds. The van der Waals surface area contributed by atoms with Crippen molar-refractivity contribution in [3.05, 3.63) is 65.0 Å². The van der Waals surface area contributed by atoms with Crippen LogP contribution >= 0.6 is 11.8 Å². The molecule has 2 heterocycles. The van der Waals surface area contributed by atoms with Crippen LogP contribution in [-0.4, -0.2) is 29.0 Å². The third kappa shape index (κ3) is 3.86. The van der Waals surface area contributed by atoms with Gasteiger partial charge in [-0.3, -0.25) is 9.59 Å². The number of halogens is 1. The summed E-state index contributed by atoms with van der Waals surface area (Å²) in [5, 5.41) is 3.03. The van der Waals surface area contributed by atoms with Gasteiger partial charge in [-0.15, -0.1) is 11.8 Å². The molecule has 27 heavy (non-hydrogen) atoms. The molecule has 1 fully saturated rings. The molecule has 0 aliphatic carbocycles. The second-order valence-corrected chi connectivity index (χ2v) is 8.04. The van der Waals surface area contributed by atoms with Crippen molar-refractivity contribution in [2.24, 2.45) is 0 Å². The van der Waals surface area contributed by atoms with E-state index in [9.17, 15) is 14.0 Å². The van der Waals surface area contributed by atoms with E-state index in [4.69, 9.17) is 0 Å². The van der Waals surface area contributed by atoms with Gasteiger partial charge in [0.05, 0.1) is 6.04 Å². The minimum absolute atomic E-state index is 0.161. The molecule has 2 aromatic rings. The Morgan fingerprint density at radius 1 is 1.22 bits per heavy atom. The molecule has 0 spiro atoms. The van der Waals surface area contributed by atoms with E-state index in [1.165, 1.54) is 17.8 Å². The molecule has 1 unspecified atom stereocenters. The highest BCUT2D eigenvalue weighted by Gasteiger charge is 2.25. The van der Waals surface area contributed by atoms with Crippen LogP contribution in [0.25, 0.3) is 0 Å². The van der Waals surface area contributed by atoms with Crippen LogP contribution in [0.1, 0.15) is 46.8 Å². The van der Waals surface area contributed by atoms with Crippen molar-refractivity contribution < 1.29 is 14.0 Å². The van der Waals surface area contributed by atoms with Crippen LogP contribution in [0.2, 0.25) is 0 Å². The van der Waals surface area contributed by atoms with Crippen LogP contribution in [0.5, 0.6) is 0 Å². The lowest BCUT2D eigenvalue weighted by molar-refractivity contribution is -0.128. The summed E-state index contributed by atoms with van der Waals surface area (Å²) >= 11 is 1.50. The zero-order valence-corrected chi connectivity index (χ0v) is 15.7. The molecular weight excluding hydrogens is 363 g/mol. The van der Waals surface area contributed by atoms with Crippen LogP contribution in [0.3, 0.4) is 0 Å². The van der Waals surface area contributed by atoms with E-state index in [1.54, 1.807) is 18.2 Å². The van der Waals surface area contributed by atoms with Crippen molar-refractivity contribution in [3.8, 4) is 0 Å². The standard InChI is InChI=1S/C21H21FN2O2S/c22-17-4-1-3-16-18(10-12-27-20(16)17)23-21(26)15-8-6-14(7-9-15)13-24-11-2-5-19(24)25/h1,3-4,6-9,18H,2,5,10-13H2,(H,23,26). The molecule has 4 rings (SSSR count). The van der Waals surface area contributed by atoms with Gasteiger partial charge in [-0.25, -0.2) is 4.39 Å². The number of nitrogens with one attached hydrogen (secondary N) is 1. The van der Waals surface area contributed by atoms with E-state index in [0.717, 1.165) is 36.3 Å². The Kier molecular flexibility index (Phi) is 5.16. The largest absolute Gasteiger partial charge is 0.345 e. The lowest BCUT2D eigenvalue weighted by atomic mass is 10.0. The molecule has 1 atom stereocenters. The van der Waals surface area contributed by atoms with E-state index in [0.29, 0.717) is 23.4 Å². The van der Waals surface area contributed by atoms with Gasteiger partial charge in [-0.1, -0.05) is 24.3 Å². The first-order chi connectivity index (χ1) is 13.1. The lowest BCUT2D eigenvalue weighted by Crippen LogP contribution is -2.31.